The largest absolute Gasteiger partial charge is 0.481 e. The van der Waals surface area contributed by atoms with Gasteiger partial charge < -0.3 is 19.6 Å². The van der Waals surface area contributed by atoms with Gasteiger partial charge in [0.25, 0.3) is 0 Å². The summed E-state index contributed by atoms with van der Waals surface area (Å²) in [5, 5.41) is 9.67. The fourth-order valence-corrected chi connectivity index (χ4v) is 3.42. The Morgan fingerprint density at radius 2 is 2.04 bits per heavy atom. The highest BCUT2D eigenvalue weighted by molar-refractivity contribution is 5.82. The van der Waals surface area contributed by atoms with Crippen molar-refractivity contribution in [3.63, 3.8) is 0 Å². The minimum atomic E-state index is -1.05. The first-order valence-corrected chi connectivity index (χ1v) is 9.27. The van der Waals surface area contributed by atoms with E-state index in [-0.39, 0.29) is 0 Å². The van der Waals surface area contributed by atoms with E-state index in [0.717, 1.165) is 6.54 Å². The van der Waals surface area contributed by atoms with Gasteiger partial charge in [0.2, 0.25) is 5.95 Å². The third kappa shape index (κ3) is 3.63. The molecular formula is C19H30N4O3. The van der Waals surface area contributed by atoms with E-state index in [1.54, 1.807) is 20.0 Å². The van der Waals surface area contributed by atoms with Crippen molar-refractivity contribution in [1.29, 1.82) is 0 Å². The lowest BCUT2D eigenvalue weighted by molar-refractivity contribution is -0.142. The Hall–Kier alpha value is -1.89. The summed E-state index contributed by atoms with van der Waals surface area (Å²) in [6.45, 7) is 11.5. The molecule has 1 saturated heterocycles. The lowest BCUT2D eigenvalue weighted by Crippen LogP contribution is -2.40. The van der Waals surface area contributed by atoms with Gasteiger partial charge in [0.15, 0.2) is 0 Å². The molecule has 1 atom stereocenters. The highest BCUT2D eigenvalue weighted by Crippen LogP contribution is 2.51. The van der Waals surface area contributed by atoms with Crippen molar-refractivity contribution in [2.24, 2.45) is 11.3 Å². The maximum atomic E-state index is 11.8. The molecule has 1 saturated carbocycles. The zero-order chi connectivity index (χ0) is 19.1. The van der Waals surface area contributed by atoms with E-state index in [0.29, 0.717) is 55.0 Å². The molecule has 0 amide bonds. The molecule has 1 aliphatic carbocycles. The summed E-state index contributed by atoms with van der Waals surface area (Å²) in [6, 6.07) is 0. The standard InChI is InChI=1S/C19H30N4O3/c1-18(2)10-13(18)12-22(5)17-20-11-14(19(3,4)16(24)25)15(21-17)23-6-8-26-9-7-23/h11,13H,6-10,12H2,1-5H3,(H,24,25). The van der Waals surface area contributed by atoms with Gasteiger partial charge in [-0.15, -0.1) is 0 Å². The molecule has 2 heterocycles. The van der Waals surface area contributed by atoms with Crippen LogP contribution in [0.1, 0.15) is 39.7 Å². The number of carbonyl (C=O) groups is 1. The summed E-state index contributed by atoms with van der Waals surface area (Å²) in [5.41, 5.74) is -0.00809. The highest BCUT2D eigenvalue weighted by Gasteiger charge is 2.46. The third-order valence-electron chi connectivity index (χ3n) is 5.83. The van der Waals surface area contributed by atoms with Crippen molar-refractivity contribution in [3.8, 4) is 0 Å². The van der Waals surface area contributed by atoms with Gasteiger partial charge in [0, 0.05) is 38.4 Å². The van der Waals surface area contributed by atoms with Crippen molar-refractivity contribution in [2.45, 2.75) is 39.5 Å². The smallest absolute Gasteiger partial charge is 0.313 e. The van der Waals surface area contributed by atoms with Crippen molar-refractivity contribution in [3.05, 3.63) is 11.8 Å². The predicted octanol–water partition coefficient (Wildman–Crippen LogP) is 2.16. The van der Waals surface area contributed by atoms with Gasteiger partial charge >= 0.3 is 5.97 Å². The number of morpholine rings is 1. The van der Waals surface area contributed by atoms with Gasteiger partial charge in [0.05, 0.1) is 18.6 Å². The quantitative estimate of drug-likeness (QED) is 0.831. The van der Waals surface area contributed by atoms with E-state index in [4.69, 9.17) is 9.72 Å². The molecular weight excluding hydrogens is 332 g/mol. The number of aliphatic carboxylic acids is 1. The van der Waals surface area contributed by atoms with E-state index in [1.165, 1.54) is 6.42 Å². The van der Waals surface area contributed by atoms with Crippen LogP contribution in [0.4, 0.5) is 11.8 Å². The van der Waals surface area contributed by atoms with Crippen molar-refractivity contribution < 1.29 is 14.6 Å². The lowest BCUT2D eigenvalue weighted by atomic mass is 9.85. The van der Waals surface area contributed by atoms with Crippen LogP contribution in [0, 0.1) is 11.3 Å². The molecule has 2 aliphatic rings. The first kappa shape index (κ1) is 18.9. The molecule has 1 aromatic heterocycles. The molecule has 1 N–H and O–H groups in total. The summed E-state index contributed by atoms with van der Waals surface area (Å²) < 4.78 is 5.44. The number of hydrogen-bond acceptors (Lipinski definition) is 6. The number of nitrogens with zero attached hydrogens (tertiary/aromatic N) is 4. The number of rotatable bonds is 6. The molecule has 26 heavy (non-hydrogen) atoms. The monoisotopic (exact) mass is 362 g/mol. The molecule has 0 aromatic carbocycles. The molecule has 0 radical (unpaired) electrons. The number of anilines is 2. The fourth-order valence-electron chi connectivity index (χ4n) is 3.42. The summed E-state index contributed by atoms with van der Waals surface area (Å²) in [4.78, 5) is 25.3. The van der Waals surface area contributed by atoms with Crippen LogP contribution in [0.3, 0.4) is 0 Å². The molecule has 7 heteroatoms. The molecule has 1 unspecified atom stereocenters. The topological polar surface area (TPSA) is 78.8 Å². The summed E-state index contributed by atoms with van der Waals surface area (Å²) in [6.07, 6.45) is 2.91. The number of aromatic nitrogens is 2. The van der Waals surface area contributed by atoms with Crippen LogP contribution in [-0.4, -0.2) is 60.9 Å². The minimum absolute atomic E-state index is 0.395. The van der Waals surface area contributed by atoms with Crippen LogP contribution in [0.25, 0.3) is 0 Å². The van der Waals surface area contributed by atoms with Gasteiger partial charge in [-0.05, 0) is 31.6 Å². The van der Waals surface area contributed by atoms with Crippen LogP contribution in [0.5, 0.6) is 0 Å². The SMILES string of the molecule is CN(CC1CC1(C)C)c1ncc(C(C)(C)C(=O)O)c(N2CCOCC2)n1. The Kier molecular flexibility index (Phi) is 4.86. The number of carboxylic acid groups (broad SMARTS) is 1. The van der Waals surface area contributed by atoms with Gasteiger partial charge in [-0.25, -0.2) is 4.98 Å². The molecule has 1 aromatic rings. The Morgan fingerprint density at radius 1 is 1.42 bits per heavy atom. The minimum Gasteiger partial charge on any atom is -0.481 e. The molecule has 0 spiro atoms. The second kappa shape index (κ2) is 6.68. The molecule has 1 aliphatic heterocycles. The number of hydrogen-bond donors (Lipinski definition) is 1. The summed E-state index contributed by atoms with van der Waals surface area (Å²) in [5.74, 6) is 1.14. The molecule has 3 rings (SSSR count). The van der Waals surface area contributed by atoms with Gasteiger partial charge in [-0.3, -0.25) is 4.79 Å². The van der Waals surface area contributed by atoms with E-state index >= 15 is 0 Å². The second-order valence-corrected chi connectivity index (χ2v) is 8.71. The normalized spacial score (nSPS) is 22.2. The Labute approximate surface area is 155 Å². The van der Waals surface area contributed by atoms with Crippen LogP contribution < -0.4 is 9.80 Å². The van der Waals surface area contributed by atoms with Crippen molar-refractivity contribution in [2.75, 3.05) is 49.7 Å². The van der Waals surface area contributed by atoms with E-state index in [9.17, 15) is 9.90 Å². The zero-order valence-corrected chi connectivity index (χ0v) is 16.4. The number of ether oxygens (including phenoxy) is 1. The van der Waals surface area contributed by atoms with Gasteiger partial charge in [-0.2, -0.15) is 4.98 Å². The zero-order valence-electron chi connectivity index (χ0n) is 16.4. The van der Waals surface area contributed by atoms with Gasteiger partial charge in [-0.1, -0.05) is 13.8 Å². The van der Waals surface area contributed by atoms with Crippen LogP contribution in [-0.2, 0) is 14.9 Å². The summed E-state index contributed by atoms with van der Waals surface area (Å²) in [7, 11) is 2.01. The third-order valence-corrected chi connectivity index (χ3v) is 5.83. The van der Waals surface area contributed by atoms with Crippen LogP contribution >= 0.6 is 0 Å². The highest BCUT2D eigenvalue weighted by atomic mass is 16.5. The second-order valence-electron chi connectivity index (χ2n) is 8.71. The van der Waals surface area contributed by atoms with E-state index in [2.05, 4.69) is 28.6 Å². The molecule has 7 nitrogen and oxygen atoms in total. The molecule has 144 valence electrons. The number of carboxylic acids is 1. The maximum Gasteiger partial charge on any atom is 0.313 e. The fraction of sp³-hybridized carbons (Fsp3) is 0.737. The maximum absolute atomic E-state index is 11.8. The predicted molar refractivity (Wildman–Crippen MR) is 101 cm³/mol. The van der Waals surface area contributed by atoms with Crippen LogP contribution in [0.15, 0.2) is 6.20 Å². The average molecular weight is 362 g/mol. The summed E-state index contributed by atoms with van der Waals surface area (Å²) >= 11 is 0. The Morgan fingerprint density at radius 3 is 2.58 bits per heavy atom. The van der Waals surface area contributed by atoms with E-state index in [1.807, 2.05) is 7.05 Å². The molecule has 2 fully saturated rings. The Balaban J connectivity index is 1.92. The van der Waals surface area contributed by atoms with Gasteiger partial charge in [0.1, 0.15) is 5.82 Å². The Bertz CT molecular complexity index is 683. The lowest BCUT2D eigenvalue weighted by Gasteiger charge is -2.33. The van der Waals surface area contributed by atoms with Crippen LogP contribution in [0.2, 0.25) is 0 Å². The average Bonchev–Trinajstić information content (AvgIpc) is 3.20. The van der Waals surface area contributed by atoms with E-state index < -0.39 is 11.4 Å². The first-order chi connectivity index (χ1) is 12.1. The molecule has 0 bridgehead atoms. The first-order valence-electron chi connectivity index (χ1n) is 9.27. The van der Waals surface area contributed by atoms with Crippen molar-refractivity contribution >= 4 is 17.7 Å². The van der Waals surface area contributed by atoms with Crippen molar-refractivity contribution in [1.82, 2.24) is 9.97 Å².